The minimum Gasteiger partial charge on any atom is -0.393 e. The Hall–Kier alpha value is -0.860. The Bertz CT molecular complexity index is 336. The first-order chi connectivity index (χ1) is 9.27. The van der Waals surface area contributed by atoms with Crippen LogP contribution in [0.3, 0.4) is 0 Å². The van der Waals surface area contributed by atoms with Gasteiger partial charge in [-0.1, -0.05) is 69.7 Å². The van der Waals surface area contributed by atoms with Crippen LogP contribution in [0.4, 0.5) is 0 Å². The van der Waals surface area contributed by atoms with Gasteiger partial charge in [0.1, 0.15) is 0 Å². The number of rotatable bonds is 10. The number of benzene rings is 1. The molecule has 2 heteroatoms. The molecule has 2 nitrogen and oxygen atoms in total. The predicted octanol–water partition coefficient (Wildman–Crippen LogP) is 3.83. The van der Waals surface area contributed by atoms with E-state index in [1.165, 1.54) is 32.1 Å². The first-order valence-electron chi connectivity index (χ1n) is 7.63. The van der Waals surface area contributed by atoms with Crippen LogP contribution in [-0.4, -0.2) is 16.3 Å². The fraction of sp³-hybridized carbons (Fsp3) is 0.647. The van der Waals surface area contributed by atoms with Gasteiger partial charge in [0.15, 0.2) is 0 Å². The number of aliphatic hydroxyl groups is 2. The maximum atomic E-state index is 10.0. The third kappa shape index (κ3) is 6.74. The Labute approximate surface area is 117 Å². The molecule has 0 fully saturated rings. The highest BCUT2D eigenvalue weighted by molar-refractivity contribution is 5.26. The van der Waals surface area contributed by atoms with Gasteiger partial charge in [-0.3, -0.25) is 0 Å². The van der Waals surface area contributed by atoms with Gasteiger partial charge in [-0.25, -0.2) is 0 Å². The summed E-state index contributed by atoms with van der Waals surface area (Å²) in [6, 6.07) is 7.81. The van der Waals surface area contributed by atoms with E-state index in [2.05, 4.69) is 6.92 Å². The van der Waals surface area contributed by atoms with E-state index in [-0.39, 0.29) is 12.7 Å². The summed E-state index contributed by atoms with van der Waals surface area (Å²) in [5.74, 6) is 0. The molecule has 0 bridgehead atoms. The topological polar surface area (TPSA) is 40.5 Å². The Morgan fingerprint density at radius 3 is 2.26 bits per heavy atom. The zero-order chi connectivity index (χ0) is 13.9. The Kier molecular flexibility index (Phi) is 8.52. The summed E-state index contributed by atoms with van der Waals surface area (Å²) in [5.41, 5.74) is 2.01. The van der Waals surface area contributed by atoms with Crippen LogP contribution in [0.25, 0.3) is 0 Å². The molecule has 0 saturated heterocycles. The van der Waals surface area contributed by atoms with Gasteiger partial charge in [0, 0.05) is 0 Å². The molecule has 1 aromatic rings. The van der Waals surface area contributed by atoms with Crippen LogP contribution in [0, 0.1) is 0 Å². The maximum Gasteiger partial charge on any atom is 0.0684 e. The Morgan fingerprint density at radius 1 is 0.947 bits per heavy atom. The Morgan fingerprint density at radius 2 is 1.58 bits per heavy atom. The summed E-state index contributed by atoms with van der Waals surface area (Å²) in [4.78, 5) is 0. The number of hydrogen-bond acceptors (Lipinski definition) is 2. The molecule has 1 atom stereocenters. The highest BCUT2D eigenvalue weighted by Crippen LogP contribution is 2.15. The molecular formula is C17H28O2. The molecule has 0 aliphatic heterocycles. The van der Waals surface area contributed by atoms with Gasteiger partial charge in [0.2, 0.25) is 0 Å². The molecule has 108 valence electrons. The van der Waals surface area contributed by atoms with Crippen LogP contribution in [0.1, 0.15) is 63.0 Å². The maximum absolute atomic E-state index is 10.0. The molecule has 0 aliphatic carbocycles. The third-order valence-corrected chi connectivity index (χ3v) is 3.64. The predicted molar refractivity (Wildman–Crippen MR) is 80.1 cm³/mol. The van der Waals surface area contributed by atoms with Crippen LogP contribution >= 0.6 is 0 Å². The molecule has 0 radical (unpaired) electrons. The van der Waals surface area contributed by atoms with Crippen molar-refractivity contribution in [3.8, 4) is 0 Å². The van der Waals surface area contributed by atoms with E-state index in [1.54, 1.807) is 0 Å². The van der Waals surface area contributed by atoms with E-state index >= 15 is 0 Å². The van der Waals surface area contributed by atoms with Crippen molar-refractivity contribution < 1.29 is 10.2 Å². The van der Waals surface area contributed by atoms with E-state index in [4.69, 9.17) is 0 Å². The summed E-state index contributed by atoms with van der Waals surface area (Å²) in [5, 5.41) is 19.3. The fourth-order valence-electron chi connectivity index (χ4n) is 2.43. The molecule has 2 N–H and O–H groups in total. The average Bonchev–Trinajstić information content (AvgIpc) is 2.43. The van der Waals surface area contributed by atoms with E-state index in [9.17, 15) is 10.2 Å². The zero-order valence-electron chi connectivity index (χ0n) is 12.1. The largest absolute Gasteiger partial charge is 0.393 e. The van der Waals surface area contributed by atoms with Crippen LogP contribution in [0.5, 0.6) is 0 Å². The van der Waals surface area contributed by atoms with Crippen molar-refractivity contribution >= 4 is 0 Å². The summed E-state index contributed by atoms with van der Waals surface area (Å²) in [6.07, 6.45) is 8.78. The quantitative estimate of drug-likeness (QED) is 0.630. The summed E-state index contributed by atoms with van der Waals surface area (Å²) in [6.45, 7) is 2.28. The molecule has 1 unspecified atom stereocenters. The molecule has 19 heavy (non-hydrogen) atoms. The minimum atomic E-state index is -0.279. The molecule has 0 amide bonds. The van der Waals surface area contributed by atoms with Crippen molar-refractivity contribution in [2.24, 2.45) is 0 Å². The molecular weight excluding hydrogens is 236 g/mol. The second kappa shape index (κ2) is 9.99. The van der Waals surface area contributed by atoms with Gasteiger partial charge in [-0.2, -0.15) is 0 Å². The van der Waals surface area contributed by atoms with Gasteiger partial charge in [-0.15, -0.1) is 0 Å². The summed E-state index contributed by atoms with van der Waals surface area (Å²) < 4.78 is 0. The second-order valence-corrected chi connectivity index (χ2v) is 5.34. The van der Waals surface area contributed by atoms with Crippen molar-refractivity contribution in [1.29, 1.82) is 0 Å². The van der Waals surface area contributed by atoms with Crippen molar-refractivity contribution in [2.45, 2.75) is 71.0 Å². The number of unbranched alkanes of at least 4 members (excludes halogenated alkanes) is 5. The van der Waals surface area contributed by atoms with Crippen molar-refractivity contribution in [3.05, 3.63) is 35.4 Å². The van der Waals surface area contributed by atoms with Crippen LogP contribution in [0.15, 0.2) is 24.3 Å². The molecule has 1 aromatic carbocycles. The van der Waals surface area contributed by atoms with Gasteiger partial charge in [0.25, 0.3) is 0 Å². The molecule has 0 saturated carbocycles. The third-order valence-electron chi connectivity index (χ3n) is 3.64. The monoisotopic (exact) mass is 264 g/mol. The number of hydrogen-bond donors (Lipinski definition) is 2. The Balaban J connectivity index is 2.21. The first-order valence-corrected chi connectivity index (χ1v) is 7.63. The molecule has 1 rings (SSSR count). The lowest BCUT2D eigenvalue weighted by Crippen LogP contribution is -2.11. The van der Waals surface area contributed by atoms with E-state index in [0.29, 0.717) is 6.42 Å². The van der Waals surface area contributed by atoms with Crippen LogP contribution in [0.2, 0.25) is 0 Å². The zero-order valence-corrected chi connectivity index (χ0v) is 12.1. The smallest absolute Gasteiger partial charge is 0.0684 e. The standard InChI is InChI=1S/C17H28O2/c1-2-3-4-5-6-7-12-17(19)13-15-10-8-9-11-16(15)14-18/h8-11,17-19H,2-7,12-14H2,1H3. The molecule has 0 aromatic heterocycles. The normalized spacial score (nSPS) is 12.6. The van der Waals surface area contributed by atoms with Gasteiger partial charge < -0.3 is 10.2 Å². The van der Waals surface area contributed by atoms with Crippen molar-refractivity contribution in [3.63, 3.8) is 0 Å². The van der Waals surface area contributed by atoms with Crippen LogP contribution in [-0.2, 0) is 13.0 Å². The minimum absolute atomic E-state index is 0.0555. The first kappa shape index (κ1) is 16.2. The lowest BCUT2D eigenvalue weighted by Gasteiger charge is -2.13. The molecule has 0 aliphatic rings. The highest BCUT2D eigenvalue weighted by Gasteiger charge is 2.08. The average molecular weight is 264 g/mol. The van der Waals surface area contributed by atoms with E-state index in [1.807, 2.05) is 24.3 Å². The van der Waals surface area contributed by atoms with E-state index < -0.39 is 0 Å². The molecule has 0 spiro atoms. The lowest BCUT2D eigenvalue weighted by atomic mass is 9.98. The molecule has 0 heterocycles. The van der Waals surface area contributed by atoms with Crippen molar-refractivity contribution in [1.82, 2.24) is 0 Å². The number of aliphatic hydroxyl groups excluding tert-OH is 2. The lowest BCUT2D eigenvalue weighted by molar-refractivity contribution is 0.160. The second-order valence-electron chi connectivity index (χ2n) is 5.34. The van der Waals surface area contributed by atoms with Gasteiger partial charge in [0.05, 0.1) is 12.7 Å². The van der Waals surface area contributed by atoms with Gasteiger partial charge >= 0.3 is 0 Å². The highest BCUT2D eigenvalue weighted by atomic mass is 16.3. The SMILES string of the molecule is CCCCCCCCC(O)Cc1ccccc1CO. The fourth-order valence-corrected chi connectivity index (χ4v) is 2.43. The van der Waals surface area contributed by atoms with E-state index in [0.717, 1.165) is 24.0 Å². The summed E-state index contributed by atoms with van der Waals surface area (Å²) >= 11 is 0. The summed E-state index contributed by atoms with van der Waals surface area (Å²) in [7, 11) is 0. The van der Waals surface area contributed by atoms with Gasteiger partial charge in [-0.05, 0) is 24.0 Å². The van der Waals surface area contributed by atoms with Crippen LogP contribution < -0.4 is 0 Å². The van der Waals surface area contributed by atoms with Crippen molar-refractivity contribution in [2.75, 3.05) is 0 Å².